The van der Waals surface area contributed by atoms with E-state index in [0.29, 0.717) is 18.7 Å². The van der Waals surface area contributed by atoms with Gasteiger partial charge >= 0.3 is 5.97 Å². The Morgan fingerprint density at radius 2 is 2.17 bits per heavy atom. The summed E-state index contributed by atoms with van der Waals surface area (Å²) in [6.07, 6.45) is 1.65. The number of esters is 1. The zero-order valence-corrected chi connectivity index (χ0v) is 14.7. The number of hydrogen-bond acceptors (Lipinski definition) is 5. The van der Waals surface area contributed by atoms with E-state index in [1.165, 1.54) is 7.11 Å². The highest BCUT2D eigenvalue weighted by atomic mass is 35.5. The molecular formula is C17H23ClN2O4. The highest BCUT2D eigenvalue weighted by molar-refractivity contribution is 5.97. The molecule has 0 bridgehead atoms. The van der Waals surface area contributed by atoms with E-state index in [1.54, 1.807) is 11.8 Å². The second-order valence-corrected chi connectivity index (χ2v) is 5.94. The second kappa shape index (κ2) is 7.85. The third-order valence-electron chi connectivity index (χ3n) is 4.49. The first-order chi connectivity index (χ1) is 11.1. The molecule has 1 fully saturated rings. The first-order valence-electron chi connectivity index (χ1n) is 7.99. The molecule has 1 saturated heterocycles. The molecule has 0 radical (unpaired) electrons. The summed E-state index contributed by atoms with van der Waals surface area (Å²) >= 11 is 0. The number of carbonyl (C=O) groups is 2. The number of halogens is 1. The zero-order chi connectivity index (χ0) is 16.4. The monoisotopic (exact) mass is 354 g/mol. The van der Waals surface area contributed by atoms with Gasteiger partial charge in [-0.15, -0.1) is 12.4 Å². The predicted molar refractivity (Wildman–Crippen MR) is 92.8 cm³/mol. The quantitative estimate of drug-likeness (QED) is 0.821. The number of benzene rings is 1. The van der Waals surface area contributed by atoms with Gasteiger partial charge in [-0.25, -0.2) is 4.79 Å². The molecule has 2 atom stereocenters. The van der Waals surface area contributed by atoms with Gasteiger partial charge < -0.3 is 19.7 Å². The molecule has 1 aromatic carbocycles. The molecule has 0 saturated carbocycles. The van der Waals surface area contributed by atoms with Gasteiger partial charge in [0.05, 0.1) is 19.8 Å². The minimum atomic E-state index is -0.699. The van der Waals surface area contributed by atoms with Crippen LogP contribution >= 0.6 is 12.4 Å². The van der Waals surface area contributed by atoms with Gasteiger partial charge in [-0.05, 0) is 43.5 Å². The minimum absolute atomic E-state index is 0. The highest BCUT2D eigenvalue weighted by Crippen LogP contribution is 2.25. The van der Waals surface area contributed by atoms with Gasteiger partial charge in [-0.3, -0.25) is 4.79 Å². The lowest BCUT2D eigenvalue weighted by atomic mass is 9.99. The van der Waals surface area contributed by atoms with Crippen molar-refractivity contribution in [1.29, 1.82) is 0 Å². The molecule has 24 heavy (non-hydrogen) atoms. The molecule has 2 heterocycles. The van der Waals surface area contributed by atoms with Crippen molar-refractivity contribution < 1.29 is 19.1 Å². The Morgan fingerprint density at radius 1 is 1.38 bits per heavy atom. The maximum atomic E-state index is 12.9. The van der Waals surface area contributed by atoms with Crippen LogP contribution in [0.3, 0.4) is 0 Å². The van der Waals surface area contributed by atoms with Crippen LogP contribution in [0.5, 0.6) is 0 Å². The maximum absolute atomic E-state index is 12.9. The minimum Gasteiger partial charge on any atom is -0.467 e. The lowest BCUT2D eigenvalue weighted by molar-refractivity contribution is -0.156. The zero-order valence-electron chi connectivity index (χ0n) is 13.9. The van der Waals surface area contributed by atoms with Crippen LogP contribution in [-0.2, 0) is 20.7 Å². The van der Waals surface area contributed by atoms with Crippen molar-refractivity contribution in [1.82, 2.24) is 4.90 Å². The van der Waals surface area contributed by atoms with Crippen molar-refractivity contribution in [2.24, 2.45) is 0 Å². The number of morpholine rings is 1. The third-order valence-corrected chi connectivity index (χ3v) is 4.49. The summed E-state index contributed by atoms with van der Waals surface area (Å²) in [4.78, 5) is 26.5. The number of aryl methyl sites for hydroxylation is 1. The molecule has 132 valence electrons. The number of anilines is 1. The van der Waals surface area contributed by atoms with E-state index in [-0.39, 0.29) is 24.4 Å². The van der Waals surface area contributed by atoms with Crippen molar-refractivity contribution in [2.75, 3.05) is 32.1 Å². The molecule has 0 aliphatic carbocycles. The Hall–Kier alpha value is -1.79. The number of hydrogen-bond donors (Lipinski definition) is 1. The average molecular weight is 355 g/mol. The molecule has 1 N–H and O–H groups in total. The molecule has 0 spiro atoms. The van der Waals surface area contributed by atoms with Crippen LogP contribution in [0.2, 0.25) is 0 Å². The molecule has 2 aliphatic rings. The lowest BCUT2D eigenvalue weighted by Crippen LogP contribution is -2.56. The number of methoxy groups -OCH3 is 1. The molecule has 3 rings (SSSR count). The van der Waals surface area contributed by atoms with Crippen LogP contribution in [0.25, 0.3) is 0 Å². The second-order valence-electron chi connectivity index (χ2n) is 5.94. The van der Waals surface area contributed by atoms with E-state index in [4.69, 9.17) is 9.47 Å². The van der Waals surface area contributed by atoms with Gasteiger partial charge in [0.25, 0.3) is 5.91 Å². The Kier molecular flexibility index (Phi) is 6.07. The van der Waals surface area contributed by atoms with Crippen molar-refractivity contribution in [3.8, 4) is 0 Å². The van der Waals surface area contributed by atoms with Crippen LogP contribution < -0.4 is 5.32 Å². The number of nitrogens with one attached hydrogen (secondary N) is 1. The van der Waals surface area contributed by atoms with Crippen LogP contribution in [0.1, 0.15) is 29.3 Å². The fraction of sp³-hybridized carbons (Fsp3) is 0.529. The van der Waals surface area contributed by atoms with E-state index in [2.05, 4.69) is 5.32 Å². The fourth-order valence-electron chi connectivity index (χ4n) is 3.26. The molecule has 7 heteroatoms. The topological polar surface area (TPSA) is 67.9 Å². The number of amides is 1. The number of rotatable bonds is 2. The largest absolute Gasteiger partial charge is 0.467 e. The van der Waals surface area contributed by atoms with Crippen molar-refractivity contribution >= 4 is 30.0 Å². The molecule has 0 unspecified atom stereocenters. The molecule has 0 aromatic heterocycles. The van der Waals surface area contributed by atoms with Crippen molar-refractivity contribution in [3.63, 3.8) is 0 Å². The van der Waals surface area contributed by atoms with Crippen LogP contribution in [0, 0.1) is 0 Å². The summed E-state index contributed by atoms with van der Waals surface area (Å²) in [7, 11) is 1.33. The predicted octanol–water partition coefficient (Wildman–Crippen LogP) is 1.87. The van der Waals surface area contributed by atoms with E-state index >= 15 is 0 Å². The summed E-state index contributed by atoms with van der Waals surface area (Å²) in [5.41, 5.74) is 2.85. The van der Waals surface area contributed by atoms with Gasteiger partial charge in [0, 0.05) is 24.3 Å². The average Bonchev–Trinajstić information content (AvgIpc) is 2.59. The maximum Gasteiger partial charge on any atom is 0.331 e. The summed E-state index contributed by atoms with van der Waals surface area (Å²) in [5, 5.41) is 3.33. The molecule has 2 aliphatic heterocycles. The summed E-state index contributed by atoms with van der Waals surface area (Å²) < 4.78 is 10.4. The van der Waals surface area contributed by atoms with Crippen LogP contribution in [0.15, 0.2) is 18.2 Å². The Morgan fingerprint density at radius 3 is 2.92 bits per heavy atom. The van der Waals surface area contributed by atoms with E-state index in [9.17, 15) is 9.59 Å². The van der Waals surface area contributed by atoms with E-state index in [1.807, 2.05) is 18.2 Å². The molecular weight excluding hydrogens is 332 g/mol. The van der Waals surface area contributed by atoms with E-state index in [0.717, 1.165) is 30.6 Å². The van der Waals surface area contributed by atoms with Gasteiger partial charge in [0.15, 0.2) is 6.04 Å². The van der Waals surface area contributed by atoms with Crippen molar-refractivity contribution in [2.45, 2.75) is 31.9 Å². The SMILES string of the molecule is COC(=O)[C@@H]1[C@@H](C)OCCN1C(=O)c1ccc2c(c1)CCCN2.Cl. The molecule has 1 aromatic rings. The highest BCUT2D eigenvalue weighted by Gasteiger charge is 2.39. The first kappa shape index (κ1) is 18.5. The van der Waals surface area contributed by atoms with E-state index < -0.39 is 12.0 Å². The number of ether oxygens (including phenoxy) is 2. The van der Waals surface area contributed by atoms with Gasteiger partial charge in [0.2, 0.25) is 0 Å². The van der Waals surface area contributed by atoms with Crippen LogP contribution in [0.4, 0.5) is 5.69 Å². The fourth-order valence-corrected chi connectivity index (χ4v) is 3.26. The summed E-state index contributed by atoms with van der Waals surface area (Å²) in [5.74, 6) is -0.589. The number of fused-ring (bicyclic) bond motifs is 1. The third kappa shape index (κ3) is 3.49. The Balaban J connectivity index is 0.00000208. The number of carbonyl (C=O) groups excluding carboxylic acids is 2. The van der Waals surface area contributed by atoms with Gasteiger partial charge in [0.1, 0.15) is 0 Å². The van der Waals surface area contributed by atoms with Gasteiger partial charge in [-0.1, -0.05) is 0 Å². The smallest absolute Gasteiger partial charge is 0.331 e. The normalized spacial score (nSPS) is 22.7. The lowest BCUT2D eigenvalue weighted by Gasteiger charge is -2.38. The number of nitrogens with zero attached hydrogens (tertiary/aromatic N) is 1. The first-order valence-corrected chi connectivity index (χ1v) is 7.99. The Bertz CT molecular complexity index is 623. The van der Waals surface area contributed by atoms with Crippen molar-refractivity contribution in [3.05, 3.63) is 29.3 Å². The Labute approximate surface area is 147 Å². The summed E-state index contributed by atoms with van der Waals surface area (Å²) in [6.45, 7) is 3.56. The summed E-state index contributed by atoms with van der Waals surface area (Å²) in [6, 6.07) is 4.99. The van der Waals surface area contributed by atoms with Gasteiger partial charge in [-0.2, -0.15) is 0 Å². The standard InChI is InChI=1S/C17H22N2O4.ClH/c1-11-15(17(21)22-2)19(8-9-23-11)16(20)13-5-6-14-12(10-13)4-3-7-18-14;/h5-6,10-11,15,18H,3-4,7-9H2,1-2H3;1H/t11-,15+;/m1./s1. The van der Waals surface area contributed by atoms with Crippen LogP contribution in [-0.4, -0.2) is 55.7 Å². The molecule has 1 amide bonds. The molecule has 6 nitrogen and oxygen atoms in total.